The van der Waals surface area contributed by atoms with Crippen molar-refractivity contribution in [2.24, 2.45) is 0 Å². The molecule has 0 amide bonds. The summed E-state index contributed by atoms with van der Waals surface area (Å²) < 4.78 is 2.26. The van der Waals surface area contributed by atoms with Gasteiger partial charge in [-0.1, -0.05) is 12.1 Å². The molecule has 0 aliphatic heterocycles. The van der Waals surface area contributed by atoms with Crippen molar-refractivity contribution < 1.29 is 4.79 Å². The van der Waals surface area contributed by atoms with Gasteiger partial charge in [0.1, 0.15) is 11.3 Å². The number of hydrogen-bond donors (Lipinski definition) is 0. The molecular weight excluding hydrogens is 357 g/mol. The highest BCUT2D eigenvalue weighted by Gasteiger charge is 2.06. The molecule has 4 heteroatoms. The molecule has 2 aromatic carbocycles. The Hall–Kier alpha value is -1.27. The molecule has 0 saturated carbocycles. The van der Waals surface area contributed by atoms with Crippen LogP contribution in [0.3, 0.4) is 0 Å². The first-order valence-corrected chi connectivity index (χ1v) is 7.27. The van der Waals surface area contributed by atoms with Gasteiger partial charge in [-0.05, 0) is 52.9 Å². The van der Waals surface area contributed by atoms with E-state index in [-0.39, 0.29) is 0 Å². The first-order chi connectivity index (χ1) is 8.76. The molecule has 0 N–H and O–H groups in total. The zero-order valence-electron chi connectivity index (χ0n) is 9.26. The molecule has 0 saturated heterocycles. The highest BCUT2D eigenvalue weighted by molar-refractivity contribution is 14.1. The summed E-state index contributed by atoms with van der Waals surface area (Å²) in [5.74, 6) is 0. The molecule has 0 radical (unpaired) electrons. The maximum absolute atomic E-state index is 10.7. The summed E-state index contributed by atoms with van der Waals surface area (Å²) in [5, 5.41) is 0.990. The maximum atomic E-state index is 10.7. The van der Waals surface area contributed by atoms with Crippen LogP contribution in [0.1, 0.15) is 10.4 Å². The normalized spacial score (nSPS) is 10.7. The standard InChI is InChI=1S/C14H8INOS/c15-11-4-2-10(3-5-11)14-16-12-6-1-9(8-17)7-13(12)18-14/h1-8H. The molecule has 0 aliphatic rings. The lowest BCUT2D eigenvalue weighted by Gasteiger charge is -1.94. The molecule has 0 spiro atoms. The van der Waals surface area contributed by atoms with Crippen molar-refractivity contribution in [1.29, 1.82) is 0 Å². The van der Waals surface area contributed by atoms with Crippen molar-refractivity contribution in [1.82, 2.24) is 4.98 Å². The van der Waals surface area contributed by atoms with Gasteiger partial charge >= 0.3 is 0 Å². The Morgan fingerprint density at radius 3 is 2.61 bits per heavy atom. The van der Waals surface area contributed by atoms with Crippen molar-refractivity contribution >= 4 is 50.4 Å². The van der Waals surface area contributed by atoms with Crippen LogP contribution in [-0.2, 0) is 0 Å². The lowest BCUT2D eigenvalue weighted by atomic mass is 10.2. The van der Waals surface area contributed by atoms with Crippen molar-refractivity contribution in [2.45, 2.75) is 0 Å². The minimum absolute atomic E-state index is 0.695. The van der Waals surface area contributed by atoms with E-state index in [2.05, 4.69) is 51.8 Å². The van der Waals surface area contributed by atoms with Gasteiger partial charge in [-0.3, -0.25) is 4.79 Å². The van der Waals surface area contributed by atoms with E-state index >= 15 is 0 Å². The number of halogens is 1. The average Bonchev–Trinajstić information content (AvgIpc) is 2.82. The third kappa shape index (κ3) is 2.18. The summed E-state index contributed by atoms with van der Waals surface area (Å²) in [7, 11) is 0. The number of hydrogen-bond acceptors (Lipinski definition) is 3. The second-order valence-electron chi connectivity index (χ2n) is 3.87. The molecule has 0 bridgehead atoms. The predicted molar refractivity (Wildman–Crippen MR) is 83.2 cm³/mol. The van der Waals surface area contributed by atoms with E-state index in [0.717, 1.165) is 27.1 Å². The number of aromatic nitrogens is 1. The Labute approximate surface area is 122 Å². The van der Waals surface area contributed by atoms with Crippen LogP contribution >= 0.6 is 33.9 Å². The van der Waals surface area contributed by atoms with Gasteiger partial charge in [0.15, 0.2) is 0 Å². The van der Waals surface area contributed by atoms with E-state index in [9.17, 15) is 4.79 Å². The number of nitrogens with zero attached hydrogens (tertiary/aromatic N) is 1. The molecule has 18 heavy (non-hydrogen) atoms. The van der Waals surface area contributed by atoms with E-state index in [1.54, 1.807) is 17.4 Å². The predicted octanol–water partition coefficient (Wildman–Crippen LogP) is 4.38. The fourth-order valence-electron chi connectivity index (χ4n) is 1.73. The van der Waals surface area contributed by atoms with Gasteiger partial charge in [-0.25, -0.2) is 4.98 Å². The molecule has 0 unspecified atom stereocenters. The molecule has 0 aliphatic carbocycles. The van der Waals surface area contributed by atoms with Crippen LogP contribution in [0, 0.1) is 3.57 Å². The van der Waals surface area contributed by atoms with Crippen molar-refractivity contribution in [3.8, 4) is 10.6 Å². The monoisotopic (exact) mass is 365 g/mol. The largest absolute Gasteiger partial charge is 0.298 e. The van der Waals surface area contributed by atoms with Crippen LogP contribution in [0.2, 0.25) is 0 Å². The lowest BCUT2D eigenvalue weighted by molar-refractivity contribution is 0.112. The van der Waals surface area contributed by atoms with Crippen LogP contribution in [0.4, 0.5) is 0 Å². The van der Waals surface area contributed by atoms with Gasteiger partial charge in [-0.2, -0.15) is 0 Å². The quantitative estimate of drug-likeness (QED) is 0.498. The Morgan fingerprint density at radius 2 is 1.89 bits per heavy atom. The van der Waals surface area contributed by atoms with Crippen molar-refractivity contribution in [3.63, 3.8) is 0 Å². The minimum atomic E-state index is 0.695. The summed E-state index contributed by atoms with van der Waals surface area (Å²) in [6, 6.07) is 13.9. The topological polar surface area (TPSA) is 30.0 Å². The third-order valence-electron chi connectivity index (χ3n) is 2.64. The summed E-state index contributed by atoms with van der Waals surface area (Å²) in [4.78, 5) is 15.3. The van der Waals surface area contributed by atoms with Crippen LogP contribution < -0.4 is 0 Å². The summed E-state index contributed by atoms with van der Waals surface area (Å²) >= 11 is 3.90. The number of carbonyl (C=O) groups excluding carboxylic acids is 1. The van der Waals surface area contributed by atoms with Gasteiger partial charge in [0, 0.05) is 14.7 Å². The number of benzene rings is 2. The van der Waals surface area contributed by atoms with E-state index < -0.39 is 0 Å². The fraction of sp³-hybridized carbons (Fsp3) is 0. The van der Waals surface area contributed by atoms with Crippen LogP contribution in [0.5, 0.6) is 0 Å². The van der Waals surface area contributed by atoms with Crippen LogP contribution in [0.25, 0.3) is 20.8 Å². The molecule has 1 aromatic heterocycles. The molecule has 88 valence electrons. The fourth-order valence-corrected chi connectivity index (χ4v) is 3.11. The number of rotatable bonds is 2. The molecular formula is C14H8INOS. The molecule has 2 nitrogen and oxygen atoms in total. The highest BCUT2D eigenvalue weighted by Crippen LogP contribution is 2.30. The number of aldehydes is 1. The number of carbonyl (C=O) groups is 1. The average molecular weight is 365 g/mol. The second-order valence-corrected chi connectivity index (χ2v) is 6.15. The first kappa shape index (κ1) is 11.8. The maximum Gasteiger partial charge on any atom is 0.150 e. The van der Waals surface area contributed by atoms with Gasteiger partial charge < -0.3 is 0 Å². The zero-order valence-corrected chi connectivity index (χ0v) is 12.2. The van der Waals surface area contributed by atoms with E-state index in [1.807, 2.05) is 12.1 Å². The van der Waals surface area contributed by atoms with Crippen LogP contribution in [-0.4, -0.2) is 11.3 Å². The summed E-state index contributed by atoms with van der Waals surface area (Å²) in [6.07, 6.45) is 0.865. The highest BCUT2D eigenvalue weighted by atomic mass is 127. The summed E-state index contributed by atoms with van der Waals surface area (Å²) in [5.41, 5.74) is 2.75. The van der Waals surface area contributed by atoms with Crippen molar-refractivity contribution in [3.05, 3.63) is 51.6 Å². The lowest BCUT2D eigenvalue weighted by Crippen LogP contribution is -1.77. The van der Waals surface area contributed by atoms with E-state index in [0.29, 0.717) is 5.56 Å². The SMILES string of the molecule is O=Cc1ccc2nc(-c3ccc(I)cc3)sc2c1. The Bertz CT molecular complexity index is 718. The molecule has 3 aromatic rings. The zero-order chi connectivity index (χ0) is 12.5. The van der Waals surface area contributed by atoms with Gasteiger partial charge in [-0.15, -0.1) is 11.3 Å². The van der Waals surface area contributed by atoms with Gasteiger partial charge in [0.25, 0.3) is 0 Å². The minimum Gasteiger partial charge on any atom is -0.298 e. The first-order valence-electron chi connectivity index (χ1n) is 5.38. The Balaban J connectivity index is 2.12. The molecule has 0 atom stereocenters. The number of fused-ring (bicyclic) bond motifs is 1. The Kier molecular flexibility index (Phi) is 3.13. The van der Waals surface area contributed by atoms with Crippen LogP contribution in [0.15, 0.2) is 42.5 Å². The molecule has 3 rings (SSSR count). The molecule has 1 heterocycles. The number of thiazole rings is 1. The Morgan fingerprint density at radius 1 is 1.11 bits per heavy atom. The second kappa shape index (κ2) is 4.78. The molecule has 0 fully saturated rings. The van der Waals surface area contributed by atoms with E-state index in [4.69, 9.17) is 0 Å². The van der Waals surface area contributed by atoms with Crippen molar-refractivity contribution in [2.75, 3.05) is 0 Å². The van der Waals surface area contributed by atoms with Gasteiger partial charge in [0.05, 0.1) is 10.2 Å². The van der Waals surface area contributed by atoms with E-state index in [1.165, 1.54) is 3.57 Å². The smallest absolute Gasteiger partial charge is 0.150 e. The third-order valence-corrected chi connectivity index (χ3v) is 4.43. The summed E-state index contributed by atoms with van der Waals surface area (Å²) in [6.45, 7) is 0. The van der Waals surface area contributed by atoms with Gasteiger partial charge in [0.2, 0.25) is 0 Å².